The number of benzene rings is 2. The molecule has 2 aromatic rings. The lowest BCUT2D eigenvalue weighted by molar-refractivity contribution is -0.0298. The second kappa shape index (κ2) is 8.51. The summed E-state index contributed by atoms with van der Waals surface area (Å²) >= 11 is 0. The highest BCUT2D eigenvalue weighted by Crippen LogP contribution is 2.33. The van der Waals surface area contributed by atoms with Crippen LogP contribution in [0.3, 0.4) is 0 Å². The number of hydrogen-bond acceptors (Lipinski definition) is 3. The summed E-state index contributed by atoms with van der Waals surface area (Å²) in [6.45, 7) is 1.69. The lowest BCUT2D eigenvalue weighted by atomic mass is 9.89. The number of halogens is 1. The number of rotatable bonds is 8. The Morgan fingerprint density at radius 3 is 2.63 bits per heavy atom. The van der Waals surface area contributed by atoms with Crippen LogP contribution in [-0.2, 0) is 17.7 Å². The molecule has 2 aliphatic rings. The van der Waals surface area contributed by atoms with Crippen LogP contribution in [0.5, 0.6) is 0 Å². The van der Waals surface area contributed by atoms with Gasteiger partial charge in [0.05, 0.1) is 18.8 Å². The third-order valence-corrected chi connectivity index (χ3v) is 5.61. The highest BCUT2D eigenvalue weighted by Gasteiger charge is 2.30. The summed E-state index contributed by atoms with van der Waals surface area (Å²) in [6, 6.07) is 15.7. The minimum absolute atomic E-state index is 0.0936. The van der Waals surface area contributed by atoms with E-state index in [1.54, 1.807) is 0 Å². The highest BCUT2D eigenvalue weighted by atomic mass is 19.1. The maximum atomic E-state index is 13.1. The topological polar surface area (TPSA) is 32.7 Å². The first-order chi connectivity index (χ1) is 13.2. The monoisotopic (exact) mass is 369 g/mol. The summed E-state index contributed by atoms with van der Waals surface area (Å²) in [6.07, 6.45) is 5.19. The van der Waals surface area contributed by atoms with Crippen molar-refractivity contribution in [1.82, 2.24) is 4.90 Å². The molecule has 0 saturated heterocycles. The Morgan fingerprint density at radius 2 is 1.85 bits per heavy atom. The van der Waals surface area contributed by atoms with Crippen molar-refractivity contribution in [3.63, 3.8) is 0 Å². The molecule has 144 valence electrons. The molecule has 2 aromatic carbocycles. The molecule has 3 nitrogen and oxygen atoms in total. The van der Waals surface area contributed by atoms with Gasteiger partial charge in [-0.1, -0.05) is 36.4 Å². The van der Waals surface area contributed by atoms with Gasteiger partial charge in [-0.15, -0.1) is 0 Å². The van der Waals surface area contributed by atoms with E-state index in [4.69, 9.17) is 4.74 Å². The Labute approximate surface area is 160 Å². The molecule has 2 aliphatic carbocycles. The van der Waals surface area contributed by atoms with Gasteiger partial charge in [0.15, 0.2) is 0 Å². The van der Waals surface area contributed by atoms with Gasteiger partial charge in [-0.2, -0.15) is 0 Å². The van der Waals surface area contributed by atoms with Crippen molar-refractivity contribution < 1.29 is 14.2 Å². The van der Waals surface area contributed by atoms with Gasteiger partial charge in [0.2, 0.25) is 0 Å². The molecule has 0 amide bonds. The number of aryl methyl sites for hydroxylation is 1. The summed E-state index contributed by atoms with van der Waals surface area (Å²) in [5.41, 5.74) is 3.73. The first-order valence-electron chi connectivity index (χ1n) is 10.0. The summed E-state index contributed by atoms with van der Waals surface area (Å²) in [4.78, 5) is 2.30. The SMILES string of the molecule is O[C@H](CO[C@H]1CCCc2ccccc21)CN(Cc1ccc(F)cc1)C1CC1. The Bertz CT molecular complexity index is 744. The Morgan fingerprint density at radius 1 is 1.07 bits per heavy atom. The van der Waals surface area contributed by atoms with Gasteiger partial charge in [-0.05, 0) is 60.9 Å². The fourth-order valence-electron chi connectivity index (χ4n) is 4.04. The second-order valence-electron chi connectivity index (χ2n) is 7.85. The molecule has 1 fully saturated rings. The summed E-state index contributed by atoms with van der Waals surface area (Å²) in [5, 5.41) is 10.6. The number of fused-ring (bicyclic) bond motifs is 1. The molecule has 0 spiro atoms. The van der Waals surface area contributed by atoms with E-state index >= 15 is 0 Å². The van der Waals surface area contributed by atoms with Gasteiger partial charge >= 0.3 is 0 Å². The van der Waals surface area contributed by atoms with Crippen molar-refractivity contribution in [2.75, 3.05) is 13.2 Å². The largest absolute Gasteiger partial charge is 0.389 e. The van der Waals surface area contributed by atoms with E-state index in [-0.39, 0.29) is 11.9 Å². The zero-order chi connectivity index (χ0) is 18.6. The average Bonchev–Trinajstić information content (AvgIpc) is 3.53. The Balaban J connectivity index is 1.31. The predicted octanol–water partition coefficient (Wildman–Crippen LogP) is 4.25. The smallest absolute Gasteiger partial charge is 0.123 e. The van der Waals surface area contributed by atoms with Gasteiger partial charge in [-0.25, -0.2) is 4.39 Å². The minimum Gasteiger partial charge on any atom is -0.389 e. The van der Waals surface area contributed by atoms with Crippen LogP contribution >= 0.6 is 0 Å². The quantitative estimate of drug-likeness (QED) is 0.755. The van der Waals surface area contributed by atoms with Crippen LogP contribution in [0.15, 0.2) is 48.5 Å². The van der Waals surface area contributed by atoms with Crippen molar-refractivity contribution >= 4 is 0 Å². The molecule has 0 aliphatic heterocycles. The molecular weight excluding hydrogens is 341 g/mol. The normalized spacial score (nSPS) is 20.5. The molecule has 0 heterocycles. The van der Waals surface area contributed by atoms with E-state index in [0.29, 0.717) is 19.2 Å². The number of hydrogen-bond donors (Lipinski definition) is 1. The zero-order valence-electron chi connectivity index (χ0n) is 15.7. The zero-order valence-corrected chi connectivity index (χ0v) is 15.7. The third-order valence-electron chi connectivity index (χ3n) is 5.61. The lowest BCUT2D eigenvalue weighted by Gasteiger charge is -2.29. The molecule has 4 rings (SSSR count). The van der Waals surface area contributed by atoms with E-state index in [1.807, 2.05) is 12.1 Å². The van der Waals surface area contributed by atoms with Crippen molar-refractivity contribution in [3.05, 3.63) is 71.0 Å². The van der Waals surface area contributed by atoms with Crippen LogP contribution in [-0.4, -0.2) is 35.3 Å². The van der Waals surface area contributed by atoms with Gasteiger partial charge in [0.1, 0.15) is 5.82 Å². The van der Waals surface area contributed by atoms with E-state index in [0.717, 1.165) is 31.4 Å². The van der Waals surface area contributed by atoms with Crippen molar-refractivity contribution in [1.29, 1.82) is 0 Å². The van der Waals surface area contributed by atoms with Crippen LogP contribution in [0.1, 0.15) is 48.5 Å². The van der Waals surface area contributed by atoms with Crippen LogP contribution in [0, 0.1) is 5.82 Å². The molecular formula is C23H28FNO2. The first-order valence-corrected chi connectivity index (χ1v) is 10.0. The predicted molar refractivity (Wildman–Crippen MR) is 104 cm³/mol. The molecule has 1 N–H and O–H groups in total. The number of nitrogens with zero attached hydrogens (tertiary/aromatic N) is 1. The van der Waals surface area contributed by atoms with Crippen molar-refractivity contribution in [2.45, 2.75) is 56.9 Å². The van der Waals surface area contributed by atoms with Gasteiger partial charge in [0.25, 0.3) is 0 Å². The van der Waals surface area contributed by atoms with Crippen LogP contribution in [0.2, 0.25) is 0 Å². The van der Waals surface area contributed by atoms with Crippen LogP contribution in [0.25, 0.3) is 0 Å². The average molecular weight is 369 g/mol. The summed E-state index contributed by atoms with van der Waals surface area (Å²) < 4.78 is 19.2. The Kier molecular flexibility index (Phi) is 5.86. The third kappa shape index (κ3) is 4.95. The first kappa shape index (κ1) is 18.6. The lowest BCUT2D eigenvalue weighted by Crippen LogP contribution is -2.36. The molecule has 0 aromatic heterocycles. The number of aliphatic hydroxyl groups excluding tert-OH is 1. The molecule has 0 unspecified atom stereocenters. The molecule has 27 heavy (non-hydrogen) atoms. The maximum Gasteiger partial charge on any atom is 0.123 e. The molecule has 1 saturated carbocycles. The number of ether oxygens (including phenoxy) is 1. The molecule has 4 heteroatoms. The van der Waals surface area contributed by atoms with Gasteiger partial charge in [-0.3, -0.25) is 4.90 Å². The van der Waals surface area contributed by atoms with E-state index in [1.165, 1.54) is 36.1 Å². The fourth-order valence-corrected chi connectivity index (χ4v) is 4.04. The summed E-state index contributed by atoms with van der Waals surface area (Å²) in [7, 11) is 0. The molecule has 2 atom stereocenters. The second-order valence-corrected chi connectivity index (χ2v) is 7.85. The van der Waals surface area contributed by atoms with Crippen molar-refractivity contribution in [3.8, 4) is 0 Å². The number of aliphatic hydroxyl groups is 1. The van der Waals surface area contributed by atoms with Crippen molar-refractivity contribution in [2.24, 2.45) is 0 Å². The van der Waals surface area contributed by atoms with Crippen LogP contribution < -0.4 is 0 Å². The van der Waals surface area contributed by atoms with Crippen LogP contribution in [0.4, 0.5) is 4.39 Å². The maximum absolute atomic E-state index is 13.1. The fraction of sp³-hybridized carbons (Fsp3) is 0.478. The van der Waals surface area contributed by atoms with Gasteiger partial charge in [0, 0.05) is 19.1 Å². The molecule has 0 radical (unpaired) electrons. The Hall–Kier alpha value is -1.75. The van der Waals surface area contributed by atoms with E-state index in [9.17, 15) is 9.50 Å². The minimum atomic E-state index is -0.514. The van der Waals surface area contributed by atoms with E-state index in [2.05, 4.69) is 29.2 Å². The highest BCUT2D eigenvalue weighted by molar-refractivity contribution is 5.31. The van der Waals surface area contributed by atoms with Gasteiger partial charge < -0.3 is 9.84 Å². The van der Waals surface area contributed by atoms with E-state index < -0.39 is 6.10 Å². The summed E-state index contributed by atoms with van der Waals surface area (Å²) in [5.74, 6) is -0.210. The molecule has 0 bridgehead atoms. The standard InChI is InChI=1S/C23H28FNO2/c24-19-10-8-17(9-11-19)14-25(20-12-13-20)15-21(26)16-27-23-7-3-5-18-4-1-2-6-22(18)23/h1-2,4,6,8-11,20-21,23,26H,3,5,7,12-16H2/t21-,23-/m0/s1.